The van der Waals surface area contributed by atoms with E-state index in [1.807, 2.05) is 0 Å². The van der Waals surface area contributed by atoms with Gasteiger partial charge in [-0.25, -0.2) is 8.42 Å². The van der Waals surface area contributed by atoms with E-state index >= 15 is 0 Å². The lowest BCUT2D eigenvalue weighted by Crippen LogP contribution is -2.42. The lowest BCUT2D eigenvalue weighted by molar-refractivity contribution is -0.121. The summed E-state index contributed by atoms with van der Waals surface area (Å²) < 4.78 is 23.0. The van der Waals surface area contributed by atoms with Gasteiger partial charge >= 0.3 is 0 Å². The molecule has 0 aromatic rings. The number of sulfone groups is 1. The van der Waals surface area contributed by atoms with Gasteiger partial charge in [-0.3, -0.25) is 9.79 Å². The van der Waals surface area contributed by atoms with Crippen LogP contribution in [0.3, 0.4) is 0 Å². The number of guanidine groups is 1. The summed E-state index contributed by atoms with van der Waals surface area (Å²) in [5.74, 6) is 1.05. The molecule has 8 heteroatoms. The molecule has 2 aliphatic heterocycles. The second-order valence-electron chi connectivity index (χ2n) is 8.39. The maximum Gasteiger partial charge on any atom is 0.222 e. The van der Waals surface area contributed by atoms with E-state index in [4.69, 9.17) is 0 Å². The van der Waals surface area contributed by atoms with Crippen LogP contribution in [0.4, 0.5) is 0 Å². The maximum atomic E-state index is 12.1. The van der Waals surface area contributed by atoms with Crippen LogP contribution >= 0.6 is 0 Å². The number of rotatable bonds is 5. The maximum absolute atomic E-state index is 12.1. The van der Waals surface area contributed by atoms with Crippen molar-refractivity contribution < 1.29 is 13.2 Å². The van der Waals surface area contributed by atoms with Gasteiger partial charge in [0.1, 0.15) is 0 Å². The van der Waals surface area contributed by atoms with Crippen LogP contribution in [-0.4, -0.2) is 68.9 Å². The first-order valence-corrected chi connectivity index (χ1v) is 12.3. The van der Waals surface area contributed by atoms with Crippen LogP contribution < -0.4 is 10.6 Å². The molecular weight excluding hydrogens is 364 g/mol. The van der Waals surface area contributed by atoms with E-state index in [2.05, 4.69) is 27.4 Å². The van der Waals surface area contributed by atoms with Crippen molar-refractivity contribution >= 4 is 21.7 Å². The van der Waals surface area contributed by atoms with Crippen LogP contribution in [0.25, 0.3) is 0 Å². The second kappa shape index (κ2) is 8.80. The molecule has 1 aliphatic carbocycles. The fraction of sp³-hybridized carbons (Fsp3) is 0.895. The number of carbonyl (C=O) groups excluding carboxylic acids is 1. The number of carbonyl (C=O) groups is 1. The minimum Gasteiger partial charge on any atom is -0.357 e. The average Bonchev–Trinajstić information content (AvgIpc) is 3.18. The van der Waals surface area contributed by atoms with E-state index < -0.39 is 9.84 Å². The third-order valence-electron chi connectivity index (χ3n) is 6.18. The zero-order valence-corrected chi connectivity index (χ0v) is 17.3. The van der Waals surface area contributed by atoms with Gasteiger partial charge in [0.25, 0.3) is 0 Å². The summed E-state index contributed by atoms with van der Waals surface area (Å²) in [5, 5.41) is 6.20. The molecule has 3 fully saturated rings. The molecule has 1 atom stereocenters. The van der Waals surface area contributed by atoms with E-state index in [1.165, 1.54) is 38.5 Å². The molecule has 3 rings (SSSR count). The summed E-state index contributed by atoms with van der Waals surface area (Å²) in [7, 11) is -2.97. The Balaban J connectivity index is 1.48. The second-order valence-corrected chi connectivity index (χ2v) is 10.6. The van der Waals surface area contributed by atoms with Gasteiger partial charge in [-0.1, -0.05) is 19.3 Å². The third kappa shape index (κ3) is 5.59. The Morgan fingerprint density at radius 3 is 2.67 bits per heavy atom. The topological polar surface area (TPSA) is 90.9 Å². The summed E-state index contributed by atoms with van der Waals surface area (Å²) in [5.41, 5.74) is 0.472. The molecule has 1 unspecified atom stereocenters. The lowest BCUT2D eigenvalue weighted by atomic mass is 9.73. The number of amides is 1. The van der Waals surface area contributed by atoms with Gasteiger partial charge in [0, 0.05) is 32.1 Å². The fourth-order valence-corrected chi connectivity index (χ4v) is 6.40. The molecule has 27 heavy (non-hydrogen) atoms. The molecule has 0 aromatic carbocycles. The van der Waals surface area contributed by atoms with Crippen molar-refractivity contribution in [3.63, 3.8) is 0 Å². The van der Waals surface area contributed by atoms with Crippen LogP contribution in [0, 0.1) is 5.41 Å². The van der Waals surface area contributed by atoms with Crippen LogP contribution in [0.15, 0.2) is 4.99 Å². The molecular formula is C19H34N4O3S. The largest absolute Gasteiger partial charge is 0.357 e. The summed E-state index contributed by atoms with van der Waals surface area (Å²) in [6, 6.07) is -0.232. The SMILES string of the molecule is CCNC(=NCCC(=O)NC1CCS(=O)(=O)C1)N1CCC2(CCCCC2)C1. The predicted molar refractivity (Wildman–Crippen MR) is 108 cm³/mol. The molecule has 1 spiro atoms. The van der Waals surface area contributed by atoms with E-state index in [9.17, 15) is 13.2 Å². The number of nitrogens with one attached hydrogen (secondary N) is 2. The Kier molecular flexibility index (Phi) is 6.65. The standard InChI is InChI=1S/C19H34N4O3S/c1-2-20-18(23-12-10-19(15-23)8-4-3-5-9-19)21-11-6-17(24)22-16-7-13-27(25,26)14-16/h16H,2-15H2,1H3,(H,20,21)(H,22,24). The minimum atomic E-state index is -2.97. The molecule has 0 aromatic heterocycles. The lowest BCUT2D eigenvalue weighted by Gasteiger charge is -2.33. The molecule has 2 saturated heterocycles. The van der Waals surface area contributed by atoms with Crippen molar-refractivity contribution in [1.82, 2.24) is 15.5 Å². The number of nitrogens with zero attached hydrogens (tertiary/aromatic N) is 2. The van der Waals surface area contributed by atoms with E-state index in [1.54, 1.807) is 0 Å². The van der Waals surface area contributed by atoms with Gasteiger partial charge in [0.2, 0.25) is 5.91 Å². The van der Waals surface area contributed by atoms with E-state index in [0.29, 0.717) is 24.8 Å². The van der Waals surface area contributed by atoms with Crippen molar-refractivity contribution in [2.75, 3.05) is 37.7 Å². The van der Waals surface area contributed by atoms with Crippen molar-refractivity contribution in [1.29, 1.82) is 0 Å². The van der Waals surface area contributed by atoms with Gasteiger partial charge in [0.05, 0.1) is 18.1 Å². The highest BCUT2D eigenvalue weighted by Gasteiger charge is 2.39. The minimum absolute atomic E-state index is 0.0699. The fourth-order valence-electron chi connectivity index (χ4n) is 4.72. The predicted octanol–water partition coefficient (Wildman–Crippen LogP) is 1.30. The highest BCUT2D eigenvalue weighted by atomic mass is 32.2. The van der Waals surface area contributed by atoms with Gasteiger partial charge in [-0.05, 0) is 38.0 Å². The number of likely N-dealkylation sites (tertiary alicyclic amines) is 1. The summed E-state index contributed by atoms with van der Waals surface area (Å²) >= 11 is 0. The van der Waals surface area contributed by atoms with Crippen LogP contribution in [0.5, 0.6) is 0 Å². The van der Waals surface area contributed by atoms with Crippen LogP contribution in [0.2, 0.25) is 0 Å². The molecule has 1 amide bonds. The smallest absolute Gasteiger partial charge is 0.222 e. The van der Waals surface area contributed by atoms with Crippen molar-refractivity contribution in [2.24, 2.45) is 10.4 Å². The van der Waals surface area contributed by atoms with Gasteiger partial charge in [0.15, 0.2) is 15.8 Å². The zero-order chi connectivity index (χ0) is 19.3. The highest BCUT2D eigenvalue weighted by molar-refractivity contribution is 7.91. The van der Waals surface area contributed by atoms with Gasteiger partial charge in [-0.2, -0.15) is 0 Å². The van der Waals surface area contributed by atoms with Gasteiger partial charge in [-0.15, -0.1) is 0 Å². The first-order valence-electron chi connectivity index (χ1n) is 10.4. The van der Waals surface area contributed by atoms with Crippen molar-refractivity contribution in [2.45, 2.75) is 64.3 Å². The Bertz CT molecular complexity index is 656. The van der Waals surface area contributed by atoms with Gasteiger partial charge < -0.3 is 15.5 Å². The van der Waals surface area contributed by atoms with Crippen LogP contribution in [-0.2, 0) is 14.6 Å². The quantitative estimate of drug-likeness (QED) is 0.538. The molecule has 7 nitrogen and oxygen atoms in total. The Labute approximate surface area is 163 Å². The normalized spacial score (nSPS) is 27.1. The molecule has 0 radical (unpaired) electrons. The summed E-state index contributed by atoms with van der Waals surface area (Å²) in [6.07, 6.45) is 8.78. The Hall–Kier alpha value is -1.31. The molecule has 2 heterocycles. The average molecular weight is 399 g/mol. The Morgan fingerprint density at radius 2 is 2.00 bits per heavy atom. The summed E-state index contributed by atoms with van der Waals surface area (Å²) in [4.78, 5) is 19.1. The zero-order valence-electron chi connectivity index (χ0n) is 16.5. The molecule has 2 N–H and O–H groups in total. The monoisotopic (exact) mass is 398 g/mol. The Morgan fingerprint density at radius 1 is 1.22 bits per heavy atom. The first-order chi connectivity index (χ1) is 12.9. The van der Waals surface area contributed by atoms with Crippen LogP contribution in [0.1, 0.15) is 58.3 Å². The number of hydrogen-bond acceptors (Lipinski definition) is 4. The molecule has 0 bridgehead atoms. The van der Waals surface area contributed by atoms with E-state index in [0.717, 1.165) is 25.6 Å². The number of aliphatic imine (C=N–C) groups is 1. The van der Waals surface area contributed by atoms with Crippen molar-refractivity contribution in [3.05, 3.63) is 0 Å². The first kappa shape index (κ1) is 20.4. The molecule has 3 aliphatic rings. The third-order valence-corrected chi connectivity index (χ3v) is 7.95. The van der Waals surface area contributed by atoms with E-state index in [-0.39, 0.29) is 23.5 Å². The number of hydrogen-bond donors (Lipinski definition) is 2. The van der Waals surface area contributed by atoms with Crippen molar-refractivity contribution in [3.8, 4) is 0 Å². The highest BCUT2D eigenvalue weighted by Crippen LogP contribution is 2.43. The summed E-state index contributed by atoms with van der Waals surface area (Å²) in [6.45, 7) is 5.42. The molecule has 1 saturated carbocycles. The molecule has 154 valence electrons.